The number of imidazole rings is 1. The smallest absolute Gasteiger partial charge is 0.354 e. The molecule has 0 aliphatic heterocycles. The van der Waals surface area contributed by atoms with Gasteiger partial charge in [0.2, 0.25) is 0 Å². The Hall–Kier alpha value is -4.12. The Morgan fingerprint density at radius 3 is 2.51 bits per heavy atom. The maximum Gasteiger partial charge on any atom is 0.354 e. The minimum atomic E-state index is -1.27. The first-order valence-electron chi connectivity index (χ1n) is 10.0. The quantitative estimate of drug-likeness (QED) is 0.386. The van der Waals surface area contributed by atoms with Gasteiger partial charge in [-0.15, -0.1) is 0 Å². The molecule has 0 atom stereocenters. The summed E-state index contributed by atoms with van der Waals surface area (Å²) in [5.74, 6) is -3.21. The summed E-state index contributed by atoms with van der Waals surface area (Å²) in [5, 5.41) is 9.44. The van der Waals surface area contributed by atoms with Gasteiger partial charge in [-0.1, -0.05) is 11.6 Å². The number of aromatic amines is 1. The van der Waals surface area contributed by atoms with Crippen molar-refractivity contribution in [3.8, 4) is 22.9 Å². The van der Waals surface area contributed by atoms with E-state index >= 15 is 0 Å². The standard InChI is InChI=1S/C23H18ClF2N3O6/c1-10-6-14(22(30)31)27-21-20(10)28-23(32)29(21)15-8-18(17(34-3)7-12(15)24)35-9-11-16(33-2)5-4-13(25)19(11)26/h4-8H,9H2,1-3H3,(H,28,32)(H,30,31). The first-order chi connectivity index (χ1) is 16.7. The van der Waals surface area contributed by atoms with E-state index in [9.17, 15) is 23.5 Å². The summed E-state index contributed by atoms with van der Waals surface area (Å²) in [5.41, 5.74) is -0.132. The van der Waals surface area contributed by atoms with E-state index in [4.69, 9.17) is 25.8 Å². The number of fused-ring (bicyclic) bond motifs is 1. The highest BCUT2D eigenvalue weighted by Crippen LogP contribution is 2.37. The van der Waals surface area contributed by atoms with Crippen LogP contribution in [0.15, 0.2) is 35.1 Å². The number of hydrogen-bond acceptors (Lipinski definition) is 6. The number of aryl methyl sites for hydroxylation is 1. The minimum absolute atomic E-state index is 0.0308. The van der Waals surface area contributed by atoms with Crippen LogP contribution in [0.4, 0.5) is 8.78 Å². The fourth-order valence-corrected chi connectivity index (χ4v) is 3.82. The third-order valence-corrected chi connectivity index (χ3v) is 5.59. The SMILES string of the molecule is COc1cc(Cl)c(-n2c(=O)[nH]c3c(C)cc(C(=O)O)nc32)cc1OCc1c(OC)ccc(F)c1F. The summed E-state index contributed by atoms with van der Waals surface area (Å²) in [4.78, 5) is 31.0. The number of carboxylic acids is 1. The average Bonchev–Trinajstić information content (AvgIpc) is 3.16. The highest BCUT2D eigenvalue weighted by Gasteiger charge is 2.21. The van der Waals surface area contributed by atoms with Crippen LogP contribution in [0.1, 0.15) is 21.6 Å². The van der Waals surface area contributed by atoms with Crippen molar-refractivity contribution >= 4 is 28.7 Å². The molecule has 2 aromatic heterocycles. The number of aromatic nitrogens is 3. The number of rotatable bonds is 7. The Morgan fingerprint density at radius 1 is 1.14 bits per heavy atom. The molecule has 0 saturated carbocycles. The zero-order valence-electron chi connectivity index (χ0n) is 18.6. The maximum atomic E-state index is 14.4. The number of pyridine rings is 1. The van der Waals surface area contributed by atoms with Gasteiger partial charge >= 0.3 is 11.7 Å². The number of H-pyrrole nitrogens is 1. The molecule has 0 bridgehead atoms. The molecule has 0 spiro atoms. The Labute approximate surface area is 201 Å². The lowest BCUT2D eigenvalue weighted by molar-refractivity contribution is 0.0690. The van der Waals surface area contributed by atoms with Gasteiger partial charge in [-0.05, 0) is 30.7 Å². The molecular formula is C23H18ClF2N3O6. The number of carboxylic acid groups (broad SMARTS) is 1. The van der Waals surface area contributed by atoms with Crippen molar-refractivity contribution in [2.45, 2.75) is 13.5 Å². The fraction of sp³-hybridized carbons (Fsp3) is 0.174. The normalized spacial score (nSPS) is 11.0. The molecule has 0 amide bonds. The molecule has 35 heavy (non-hydrogen) atoms. The van der Waals surface area contributed by atoms with E-state index in [1.54, 1.807) is 6.92 Å². The van der Waals surface area contributed by atoms with Crippen LogP contribution in [0.25, 0.3) is 16.9 Å². The predicted molar refractivity (Wildman–Crippen MR) is 122 cm³/mol. The summed E-state index contributed by atoms with van der Waals surface area (Å²) in [6.45, 7) is 1.19. The molecule has 4 aromatic rings. The van der Waals surface area contributed by atoms with Gasteiger partial charge in [0.05, 0.1) is 36.0 Å². The summed E-state index contributed by atoms with van der Waals surface area (Å²) in [6, 6.07) is 6.24. The highest BCUT2D eigenvalue weighted by molar-refractivity contribution is 6.32. The van der Waals surface area contributed by atoms with Crippen molar-refractivity contribution in [1.29, 1.82) is 0 Å². The molecule has 0 fully saturated rings. The second kappa shape index (κ2) is 9.26. The largest absolute Gasteiger partial charge is 0.496 e. The summed E-state index contributed by atoms with van der Waals surface area (Å²) >= 11 is 6.41. The van der Waals surface area contributed by atoms with Crippen LogP contribution < -0.4 is 19.9 Å². The van der Waals surface area contributed by atoms with E-state index in [2.05, 4.69) is 9.97 Å². The Morgan fingerprint density at radius 2 is 1.86 bits per heavy atom. The lowest BCUT2D eigenvalue weighted by Gasteiger charge is -2.16. The molecule has 0 aliphatic rings. The number of ether oxygens (including phenoxy) is 3. The van der Waals surface area contributed by atoms with Crippen LogP contribution in [0, 0.1) is 18.6 Å². The van der Waals surface area contributed by atoms with Gasteiger partial charge in [0.25, 0.3) is 0 Å². The van der Waals surface area contributed by atoms with E-state index in [0.29, 0.717) is 11.1 Å². The lowest BCUT2D eigenvalue weighted by atomic mass is 10.2. The number of nitrogens with zero attached hydrogens (tertiary/aromatic N) is 2. The van der Waals surface area contributed by atoms with Gasteiger partial charge in [-0.25, -0.2) is 27.9 Å². The zero-order chi connectivity index (χ0) is 25.4. The molecule has 0 radical (unpaired) electrons. The van der Waals surface area contributed by atoms with E-state index < -0.39 is 29.9 Å². The third kappa shape index (κ3) is 4.26. The monoisotopic (exact) mass is 505 g/mol. The second-order valence-corrected chi connectivity index (χ2v) is 7.79. The number of carbonyl (C=O) groups is 1. The van der Waals surface area contributed by atoms with Crippen LogP contribution in [-0.4, -0.2) is 39.8 Å². The van der Waals surface area contributed by atoms with E-state index in [0.717, 1.165) is 10.6 Å². The lowest BCUT2D eigenvalue weighted by Crippen LogP contribution is -2.16. The number of methoxy groups -OCH3 is 2. The van der Waals surface area contributed by atoms with Gasteiger partial charge in [-0.3, -0.25) is 0 Å². The average molecular weight is 506 g/mol. The zero-order valence-corrected chi connectivity index (χ0v) is 19.4. The molecule has 0 aliphatic carbocycles. The second-order valence-electron chi connectivity index (χ2n) is 7.38. The van der Waals surface area contributed by atoms with Crippen LogP contribution in [0.3, 0.4) is 0 Å². The summed E-state index contributed by atoms with van der Waals surface area (Å²) < 4.78 is 45.3. The molecule has 2 aromatic carbocycles. The molecule has 2 N–H and O–H groups in total. The van der Waals surface area contributed by atoms with Crippen molar-refractivity contribution in [3.63, 3.8) is 0 Å². The van der Waals surface area contributed by atoms with Crippen LogP contribution in [-0.2, 0) is 6.61 Å². The summed E-state index contributed by atoms with van der Waals surface area (Å²) in [7, 11) is 2.66. The minimum Gasteiger partial charge on any atom is -0.496 e. The van der Waals surface area contributed by atoms with Gasteiger partial charge < -0.3 is 24.3 Å². The third-order valence-electron chi connectivity index (χ3n) is 5.28. The van der Waals surface area contributed by atoms with Crippen LogP contribution >= 0.6 is 11.6 Å². The Kier molecular flexibility index (Phi) is 6.35. The number of halogens is 3. The van der Waals surface area contributed by atoms with Crippen molar-refractivity contribution in [3.05, 3.63) is 74.3 Å². The van der Waals surface area contributed by atoms with Gasteiger partial charge in [-0.2, -0.15) is 0 Å². The van der Waals surface area contributed by atoms with Crippen LogP contribution in [0.5, 0.6) is 17.2 Å². The number of nitrogens with one attached hydrogen (secondary N) is 1. The van der Waals surface area contributed by atoms with E-state index in [1.807, 2.05) is 0 Å². The number of hydrogen-bond donors (Lipinski definition) is 2. The van der Waals surface area contributed by atoms with E-state index in [1.165, 1.54) is 38.5 Å². The molecule has 0 unspecified atom stereocenters. The van der Waals surface area contributed by atoms with Crippen molar-refractivity contribution in [2.75, 3.05) is 14.2 Å². The molecule has 4 rings (SSSR count). The van der Waals surface area contributed by atoms with E-state index in [-0.39, 0.29) is 44.9 Å². The van der Waals surface area contributed by atoms with Gasteiger partial charge in [0, 0.05) is 12.1 Å². The Bertz CT molecular complexity index is 1530. The molecule has 2 heterocycles. The molecule has 0 saturated heterocycles. The highest BCUT2D eigenvalue weighted by atomic mass is 35.5. The first-order valence-corrected chi connectivity index (χ1v) is 10.4. The van der Waals surface area contributed by atoms with Gasteiger partial charge in [0.1, 0.15) is 12.4 Å². The summed E-state index contributed by atoms with van der Waals surface area (Å²) in [6.07, 6.45) is 0. The van der Waals surface area contributed by atoms with Crippen LogP contribution in [0.2, 0.25) is 5.02 Å². The van der Waals surface area contributed by atoms with Crippen molar-refractivity contribution < 1.29 is 32.9 Å². The molecular weight excluding hydrogens is 488 g/mol. The fourth-order valence-electron chi connectivity index (χ4n) is 3.58. The van der Waals surface area contributed by atoms with Crippen molar-refractivity contribution in [2.24, 2.45) is 0 Å². The van der Waals surface area contributed by atoms with Gasteiger partial charge in [0.15, 0.2) is 34.5 Å². The number of benzene rings is 2. The molecule has 9 nitrogen and oxygen atoms in total. The first kappa shape index (κ1) is 24.0. The predicted octanol–water partition coefficient (Wildman–Crippen LogP) is 4.25. The Balaban J connectivity index is 1.85. The van der Waals surface area contributed by atoms with Crippen molar-refractivity contribution in [1.82, 2.24) is 14.5 Å². The maximum absolute atomic E-state index is 14.4. The molecule has 12 heteroatoms. The molecule has 182 valence electrons. The topological polar surface area (TPSA) is 116 Å². The number of aromatic carboxylic acids is 1.